The van der Waals surface area contributed by atoms with Gasteiger partial charge in [0.1, 0.15) is 0 Å². The molecule has 1 atom stereocenters. The van der Waals surface area contributed by atoms with Gasteiger partial charge >= 0.3 is 0 Å². The predicted molar refractivity (Wildman–Crippen MR) is 91.2 cm³/mol. The monoisotopic (exact) mass is 416 g/mol. The van der Waals surface area contributed by atoms with Crippen LogP contribution in [0.1, 0.15) is 30.6 Å². The van der Waals surface area contributed by atoms with E-state index >= 15 is 0 Å². The molecule has 0 radical (unpaired) electrons. The van der Waals surface area contributed by atoms with Crippen molar-refractivity contribution in [3.05, 3.63) is 32.4 Å². The van der Waals surface area contributed by atoms with Crippen molar-refractivity contribution < 1.29 is 4.79 Å². The van der Waals surface area contributed by atoms with Crippen molar-refractivity contribution in [2.45, 2.75) is 26.3 Å². The van der Waals surface area contributed by atoms with Crippen molar-refractivity contribution in [3.8, 4) is 0 Å². The first kappa shape index (κ1) is 19.0. The second-order valence-corrected chi connectivity index (χ2v) is 6.31. The minimum atomic E-state index is -0.160. The van der Waals surface area contributed by atoms with E-state index in [1.54, 1.807) is 12.1 Å². The Balaban J connectivity index is 0.00000324. The minimum absolute atomic E-state index is 0. The predicted octanol–water partition coefficient (Wildman–Crippen LogP) is 3.47. The largest absolute Gasteiger partial charge is 0.348 e. The van der Waals surface area contributed by atoms with E-state index in [2.05, 4.69) is 41.8 Å². The molecule has 1 amide bonds. The summed E-state index contributed by atoms with van der Waals surface area (Å²) in [7, 11) is 0. The van der Waals surface area contributed by atoms with E-state index in [-0.39, 0.29) is 24.4 Å². The van der Waals surface area contributed by atoms with E-state index in [1.807, 2.05) is 6.07 Å². The van der Waals surface area contributed by atoms with Gasteiger partial charge in [-0.15, -0.1) is 12.4 Å². The molecule has 0 aliphatic rings. The number of hydrogen-bond donors (Lipinski definition) is 2. The van der Waals surface area contributed by atoms with Crippen molar-refractivity contribution in [2.75, 3.05) is 6.54 Å². The number of hydrogen-bond acceptors (Lipinski definition) is 2. The number of nitrogens with two attached hydrogens (primary N) is 1. The van der Waals surface area contributed by atoms with Gasteiger partial charge in [0.25, 0.3) is 5.91 Å². The molecule has 19 heavy (non-hydrogen) atoms. The molecule has 3 N–H and O–H groups in total. The summed E-state index contributed by atoms with van der Waals surface area (Å²) in [6.07, 6.45) is 0.865. The van der Waals surface area contributed by atoms with E-state index in [0.29, 0.717) is 23.0 Å². The molecule has 0 spiro atoms. The highest BCUT2D eigenvalue weighted by Gasteiger charge is 2.16. The maximum atomic E-state index is 12.1. The summed E-state index contributed by atoms with van der Waals surface area (Å²) in [5.74, 6) is 0.332. The molecule has 108 valence electrons. The summed E-state index contributed by atoms with van der Waals surface area (Å²) >= 11 is 8.22. The standard InChI is InChI=1S/C13H18ClIN2O.ClH/c1-8(2)5-10(7-16)17-13(18)11-4-3-9(15)6-12(11)14;/h3-4,6,8,10H,5,7,16H2,1-2H3,(H,17,18);1H. The van der Waals surface area contributed by atoms with E-state index in [0.717, 1.165) is 9.99 Å². The maximum absolute atomic E-state index is 12.1. The Morgan fingerprint density at radius 3 is 2.58 bits per heavy atom. The van der Waals surface area contributed by atoms with Gasteiger partial charge in [-0.2, -0.15) is 0 Å². The number of benzene rings is 1. The molecular weight excluding hydrogens is 398 g/mol. The van der Waals surface area contributed by atoms with Crippen LogP contribution in [0, 0.1) is 9.49 Å². The molecule has 1 aromatic rings. The quantitative estimate of drug-likeness (QED) is 0.722. The Labute approximate surface area is 139 Å². The van der Waals surface area contributed by atoms with Crippen LogP contribution in [0.3, 0.4) is 0 Å². The van der Waals surface area contributed by atoms with Gasteiger partial charge in [0.05, 0.1) is 10.6 Å². The van der Waals surface area contributed by atoms with Crippen LogP contribution in [-0.2, 0) is 0 Å². The molecule has 0 heterocycles. The third-order valence-corrected chi connectivity index (χ3v) is 3.54. The first-order chi connectivity index (χ1) is 8.43. The van der Waals surface area contributed by atoms with Crippen molar-refractivity contribution in [1.82, 2.24) is 5.32 Å². The lowest BCUT2D eigenvalue weighted by molar-refractivity contribution is 0.0934. The van der Waals surface area contributed by atoms with Crippen molar-refractivity contribution in [2.24, 2.45) is 11.7 Å². The Morgan fingerprint density at radius 1 is 1.47 bits per heavy atom. The summed E-state index contributed by atoms with van der Waals surface area (Å²) in [6, 6.07) is 5.37. The highest BCUT2D eigenvalue weighted by atomic mass is 127. The molecule has 3 nitrogen and oxygen atoms in total. The zero-order chi connectivity index (χ0) is 13.7. The Kier molecular flexibility index (Phi) is 8.98. The molecule has 0 fully saturated rings. The molecule has 0 saturated carbocycles. The molecule has 1 rings (SSSR count). The Bertz CT molecular complexity index is 427. The SMILES string of the molecule is CC(C)CC(CN)NC(=O)c1ccc(I)cc1Cl.Cl. The minimum Gasteiger partial charge on any atom is -0.348 e. The van der Waals surface area contributed by atoms with Gasteiger partial charge in [0.15, 0.2) is 0 Å². The van der Waals surface area contributed by atoms with E-state index < -0.39 is 0 Å². The molecule has 1 unspecified atom stereocenters. The van der Waals surface area contributed by atoms with E-state index in [4.69, 9.17) is 17.3 Å². The van der Waals surface area contributed by atoms with Crippen LogP contribution in [0.4, 0.5) is 0 Å². The Hall–Kier alpha value is -0.0400. The number of nitrogens with one attached hydrogen (secondary N) is 1. The topological polar surface area (TPSA) is 55.1 Å². The molecule has 0 bridgehead atoms. The molecule has 1 aromatic carbocycles. The lowest BCUT2D eigenvalue weighted by Gasteiger charge is -2.19. The fourth-order valence-corrected chi connectivity index (χ4v) is 2.66. The van der Waals surface area contributed by atoms with Gasteiger partial charge in [0.2, 0.25) is 0 Å². The van der Waals surface area contributed by atoms with Gasteiger partial charge in [0, 0.05) is 16.2 Å². The summed E-state index contributed by atoms with van der Waals surface area (Å²) in [5.41, 5.74) is 6.16. The van der Waals surface area contributed by atoms with Gasteiger partial charge in [-0.05, 0) is 53.1 Å². The van der Waals surface area contributed by atoms with Gasteiger partial charge < -0.3 is 11.1 Å². The normalized spacial score (nSPS) is 11.9. The lowest BCUT2D eigenvalue weighted by Crippen LogP contribution is -2.41. The number of halogens is 3. The van der Waals surface area contributed by atoms with E-state index in [9.17, 15) is 4.79 Å². The number of amides is 1. The maximum Gasteiger partial charge on any atom is 0.253 e. The number of rotatable bonds is 5. The lowest BCUT2D eigenvalue weighted by atomic mass is 10.0. The van der Waals surface area contributed by atoms with Gasteiger partial charge in [-0.1, -0.05) is 25.4 Å². The molecule has 0 aliphatic carbocycles. The molecule has 0 aromatic heterocycles. The van der Waals surface area contributed by atoms with Crippen LogP contribution in [-0.4, -0.2) is 18.5 Å². The molecular formula is C13H19Cl2IN2O. The van der Waals surface area contributed by atoms with Crippen LogP contribution in [0.25, 0.3) is 0 Å². The third kappa shape index (κ3) is 6.29. The highest BCUT2D eigenvalue weighted by Crippen LogP contribution is 2.19. The molecule has 0 saturated heterocycles. The summed E-state index contributed by atoms with van der Waals surface area (Å²) in [4.78, 5) is 12.1. The first-order valence-corrected chi connectivity index (χ1v) is 7.35. The second kappa shape index (κ2) is 9.00. The second-order valence-electron chi connectivity index (χ2n) is 4.66. The van der Waals surface area contributed by atoms with Crippen LogP contribution in [0.2, 0.25) is 5.02 Å². The highest BCUT2D eigenvalue weighted by molar-refractivity contribution is 14.1. The van der Waals surface area contributed by atoms with E-state index in [1.165, 1.54) is 0 Å². The average molecular weight is 417 g/mol. The smallest absolute Gasteiger partial charge is 0.253 e. The Morgan fingerprint density at radius 2 is 2.11 bits per heavy atom. The fraction of sp³-hybridized carbons (Fsp3) is 0.462. The third-order valence-electron chi connectivity index (χ3n) is 2.55. The van der Waals surface area contributed by atoms with Crippen LogP contribution in [0.5, 0.6) is 0 Å². The average Bonchev–Trinajstić information content (AvgIpc) is 2.27. The summed E-state index contributed by atoms with van der Waals surface area (Å²) < 4.78 is 1.01. The number of carbonyl (C=O) groups excluding carboxylic acids is 1. The van der Waals surface area contributed by atoms with Crippen LogP contribution < -0.4 is 11.1 Å². The van der Waals surface area contributed by atoms with Gasteiger partial charge in [-0.3, -0.25) is 4.79 Å². The number of carbonyl (C=O) groups is 1. The first-order valence-electron chi connectivity index (χ1n) is 5.90. The van der Waals surface area contributed by atoms with Crippen LogP contribution in [0.15, 0.2) is 18.2 Å². The van der Waals surface area contributed by atoms with Gasteiger partial charge in [-0.25, -0.2) is 0 Å². The van der Waals surface area contributed by atoms with Crippen molar-refractivity contribution >= 4 is 52.5 Å². The zero-order valence-electron chi connectivity index (χ0n) is 11.0. The molecule has 0 aliphatic heterocycles. The molecule has 6 heteroatoms. The zero-order valence-corrected chi connectivity index (χ0v) is 14.7. The summed E-state index contributed by atoms with van der Waals surface area (Å²) in [6.45, 7) is 4.64. The summed E-state index contributed by atoms with van der Waals surface area (Å²) in [5, 5.41) is 3.40. The van der Waals surface area contributed by atoms with Crippen LogP contribution >= 0.6 is 46.6 Å². The van der Waals surface area contributed by atoms with Crippen molar-refractivity contribution in [1.29, 1.82) is 0 Å². The fourth-order valence-electron chi connectivity index (χ4n) is 1.72. The van der Waals surface area contributed by atoms with Crippen molar-refractivity contribution in [3.63, 3.8) is 0 Å².